The van der Waals surface area contributed by atoms with Gasteiger partial charge in [0.15, 0.2) is 6.10 Å². The van der Waals surface area contributed by atoms with Gasteiger partial charge in [-0.05, 0) is 47.9 Å². The van der Waals surface area contributed by atoms with Gasteiger partial charge < -0.3 is 15.2 Å². The molecule has 2 N–H and O–H groups in total. The van der Waals surface area contributed by atoms with Crippen LogP contribution in [0.15, 0.2) is 60.7 Å². The third-order valence-electron chi connectivity index (χ3n) is 4.57. The van der Waals surface area contributed by atoms with Gasteiger partial charge in [-0.25, -0.2) is 0 Å². The second-order valence-electron chi connectivity index (χ2n) is 6.63. The summed E-state index contributed by atoms with van der Waals surface area (Å²) in [4.78, 5) is 11.6. The van der Waals surface area contributed by atoms with Crippen LogP contribution < -0.4 is 10.1 Å². The van der Waals surface area contributed by atoms with Gasteiger partial charge in [0.05, 0.1) is 0 Å². The van der Waals surface area contributed by atoms with Crippen LogP contribution >= 0.6 is 23.2 Å². The lowest BCUT2D eigenvalue weighted by atomic mass is 9.98. The normalized spacial score (nSPS) is 11.7. The van der Waals surface area contributed by atoms with Gasteiger partial charge in [0.1, 0.15) is 11.5 Å². The quantitative estimate of drug-likeness (QED) is 0.545. The Kier molecular flexibility index (Phi) is 6.68. The number of phenols is 1. The van der Waals surface area contributed by atoms with E-state index in [1.54, 1.807) is 32.2 Å². The summed E-state index contributed by atoms with van der Waals surface area (Å²) >= 11 is 12.9. The van der Waals surface area contributed by atoms with Crippen molar-refractivity contribution in [3.8, 4) is 22.6 Å². The molecule has 0 aromatic heterocycles. The second-order valence-corrected chi connectivity index (χ2v) is 7.45. The molecule has 0 radical (unpaired) electrons. The van der Waals surface area contributed by atoms with Gasteiger partial charge >= 0.3 is 0 Å². The average molecular weight is 430 g/mol. The van der Waals surface area contributed by atoms with Crippen LogP contribution in [0.5, 0.6) is 11.5 Å². The number of benzene rings is 3. The molecular formula is C23H21Cl2NO3. The number of carbonyl (C=O) groups excluding carboxylic acids is 1. The largest absolute Gasteiger partial charge is 0.507 e. The summed E-state index contributed by atoms with van der Waals surface area (Å²) < 4.78 is 5.61. The van der Waals surface area contributed by atoms with Crippen LogP contribution in [-0.4, -0.2) is 24.2 Å². The van der Waals surface area contributed by atoms with Crippen molar-refractivity contribution in [1.29, 1.82) is 0 Å². The van der Waals surface area contributed by atoms with Crippen molar-refractivity contribution in [1.82, 2.24) is 5.32 Å². The third kappa shape index (κ3) is 5.03. The van der Waals surface area contributed by atoms with E-state index < -0.39 is 6.10 Å². The first-order valence-electron chi connectivity index (χ1n) is 9.12. The van der Waals surface area contributed by atoms with Gasteiger partial charge in [0, 0.05) is 29.1 Å². The SMILES string of the molecule is CNC(=O)[C@@H](C)Oc1cc(Cl)c(Cc2ccc(O)c(-c3ccccc3)c2)c(Cl)c1. The molecule has 0 aliphatic rings. The van der Waals surface area contributed by atoms with Gasteiger partial charge in [-0.15, -0.1) is 0 Å². The molecule has 29 heavy (non-hydrogen) atoms. The molecule has 0 aliphatic carbocycles. The Balaban J connectivity index is 1.86. The Morgan fingerprint density at radius 2 is 1.72 bits per heavy atom. The summed E-state index contributed by atoms with van der Waals surface area (Å²) in [6.07, 6.45) is -0.174. The molecule has 1 atom stereocenters. The highest BCUT2D eigenvalue weighted by atomic mass is 35.5. The van der Waals surface area contributed by atoms with Crippen molar-refractivity contribution in [2.75, 3.05) is 7.05 Å². The monoisotopic (exact) mass is 429 g/mol. The van der Waals surface area contributed by atoms with Gasteiger partial charge in [0.25, 0.3) is 5.91 Å². The number of likely N-dealkylation sites (N-methyl/N-ethyl adjacent to an activating group) is 1. The predicted molar refractivity (Wildman–Crippen MR) is 117 cm³/mol. The molecule has 0 spiro atoms. The van der Waals surface area contributed by atoms with Crippen LogP contribution in [0.1, 0.15) is 18.1 Å². The van der Waals surface area contributed by atoms with E-state index in [1.165, 1.54) is 0 Å². The average Bonchev–Trinajstić information content (AvgIpc) is 2.71. The number of halogens is 2. The minimum absolute atomic E-state index is 0.212. The first-order valence-corrected chi connectivity index (χ1v) is 9.88. The Morgan fingerprint density at radius 3 is 2.34 bits per heavy atom. The van der Waals surface area contributed by atoms with Crippen LogP contribution in [0.25, 0.3) is 11.1 Å². The number of rotatable bonds is 6. The topological polar surface area (TPSA) is 58.6 Å². The van der Waals surface area contributed by atoms with E-state index in [-0.39, 0.29) is 11.7 Å². The fourth-order valence-electron chi connectivity index (χ4n) is 3.02. The number of nitrogens with one attached hydrogen (secondary N) is 1. The molecule has 0 fully saturated rings. The maximum atomic E-state index is 11.6. The van der Waals surface area contributed by atoms with E-state index in [2.05, 4.69) is 5.32 Å². The van der Waals surface area contributed by atoms with Crippen LogP contribution in [0.4, 0.5) is 0 Å². The summed E-state index contributed by atoms with van der Waals surface area (Å²) in [5.41, 5.74) is 3.38. The van der Waals surface area contributed by atoms with Crippen molar-refractivity contribution in [3.63, 3.8) is 0 Å². The molecule has 4 nitrogen and oxygen atoms in total. The molecule has 0 saturated heterocycles. The Bertz CT molecular complexity index is 999. The Labute approximate surface area is 180 Å². The highest BCUT2D eigenvalue weighted by Gasteiger charge is 2.16. The summed E-state index contributed by atoms with van der Waals surface area (Å²) in [6.45, 7) is 1.65. The van der Waals surface area contributed by atoms with E-state index in [1.807, 2.05) is 42.5 Å². The van der Waals surface area contributed by atoms with Crippen molar-refractivity contribution in [2.24, 2.45) is 0 Å². The fourth-order valence-corrected chi connectivity index (χ4v) is 3.62. The van der Waals surface area contributed by atoms with E-state index >= 15 is 0 Å². The summed E-state index contributed by atoms with van der Waals surface area (Å²) in [7, 11) is 1.55. The molecule has 150 valence electrons. The van der Waals surface area contributed by atoms with E-state index in [0.29, 0.717) is 22.2 Å². The highest BCUT2D eigenvalue weighted by molar-refractivity contribution is 6.36. The molecule has 6 heteroatoms. The first-order chi connectivity index (χ1) is 13.9. The summed E-state index contributed by atoms with van der Waals surface area (Å²) in [5.74, 6) is 0.401. The zero-order chi connectivity index (χ0) is 21.0. The molecule has 3 aromatic carbocycles. The molecule has 3 rings (SSSR count). The summed E-state index contributed by atoms with van der Waals surface area (Å²) in [6, 6.07) is 18.4. The number of ether oxygens (including phenoxy) is 1. The van der Waals surface area contributed by atoms with Gasteiger partial charge in [-0.2, -0.15) is 0 Å². The Morgan fingerprint density at radius 1 is 1.07 bits per heavy atom. The molecular weight excluding hydrogens is 409 g/mol. The maximum absolute atomic E-state index is 11.6. The lowest BCUT2D eigenvalue weighted by Crippen LogP contribution is -2.33. The molecule has 3 aromatic rings. The van der Waals surface area contributed by atoms with Gasteiger partial charge in [-0.1, -0.05) is 59.6 Å². The molecule has 0 aliphatic heterocycles. The predicted octanol–water partition coefficient (Wildman–Crippen LogP) is 5.47. The fraction of sp³-hybridized carbons (Fsp3) is 0.174. The lowest BCUT2D eigenvalue weighted by Gasteiger charge is -2.16. The van der Waals surface area contributed by atoms with Crippen LogP contribution in [0.3, 0.4) is 0 Å². The van der Waals surface area contributed by atoms with Crippen molar-refractivity contribution < 1.29 is 14.6 Å². The summed E-state index contributed by atoms with van der Waals surface area (Å²) in [5, 5.41) is 13.7. The number of phenolic OH excluding ortho intramolecular Hbond substituents is 1. The number of aromatic hydroxyl groups is 1. The highest BCUT2D eigenvalue weighted by Crippen LogP contribution is 2.35. The standard InChI is InChI=1S/C23H21Cl2NO3/c1-14(23(28)26-2)29-17-12-20(24)19(21(25)13-17)11-15-8-9-22(27)18(10-15)16-6-4-3-5-7-16/h3-10,12-14,27H,11H2,1-2H3,(H,26,28)/t14-/m1/s1. The minimum Gasteiger partial charge on any atom is -0.507 e. The van der Waals surface area contributed by atoms with Crippen LogP contribution in [-0.2, 0) is 11.2 Å². The zero-order valence-electron chi connectivity index (χ0n) is 16.1. The third-order valence-corrected chi connectivity index (χ3v) is 5.24. The lowest BCUT2D eigenvalue weighted by molar-refractivity contribution is -0.126. The minimum atomic E-state index is -0.663. The Hall–Kier alpha value is -2.69. The van der Waals surface area contributed by atoms with Crippen LogP contribution in [0.2, 0.25) is 10.0 Å². The smallest absolute Gasteiger partial charge is 0.260 e. The molecule has 0 saturated carbocycles. The molecule has 1 amide bonds. The zero-order valence-corrected chi connectivity index (χ0v) is 17.6. The second kappa shape index (κ2) is 9.21. The van der Waals surface area contributed by atoms with E-state index in [4.69, 9.17) is 27.9 Å². The van der Waals surface area contributed by atoms with Crippen LogP contribution in [0, 0.1) is 0 Å². The molecule has 0 bridgehead atoms. The number of hydrogen-bond acceptors (Lipinski definition) is 3. The van der Waals surface area contributed by atoms with Crippen molar-refractivity contribution in [2.45, 2.75) is 19.4 Å². The maximum Gasteiger partial charge on any atom is 0.260 e. The van der Waals surface area contributed by atoms with E-state index in [0.717, 1.165) is 22.3 Å². The van der Waals surface area contributed by atoms with Crippen molar-refractivity contribution >= 4 is 29.1 Å². The molecule has 0 unspecified atom stereocenters. The first kappa shape index (κ1) is 21.0. The molecule has 0 heterocycles. The number of amides is 1. The number of carbonyl (C=O) groups is 1. The van der Waals surface area contributed by atoms with Gasteiger partial charge in [0.2, 0.25) is 0 Å². The van der Waals surface area contributed by atoms with Gasteiger partial charge in [-0.3, -0.25) is 4.79 Å². The van der Waals surface area contributed by atoms with Crippen molar-refractivity contribution in [3.05, 3.63) is 81.8 Å². The van der Waals surface area contributed by atoms with E-state index in [9.17, 15) is 9.90 Å². The number of hydrogen-bond donors (Lipinski definition) is 2.